The van der Waals surface area contributed by atoms with Gasteiger partial charge in [-0.3, -0.25) is 4.68 Å². The number of aryl methyl sites for hydroxylation is 1. The Hall–Kier alpha value is -1.81. The van der Waals surface area contributed by atoms with E-state index in [1.807, 2.05) is 23.9 Å². The topological polar surface area (TPSA) is 39.1 Å². The molecule has 0 atom stereocenters. The molecule has 20 heavy (non-hydrogen) atoms. The van der Waals surface area contributed by atoms with Gasteiger partial charge in [0, 0.05) is 20.1 Å². The molecule has 0 unspecified atom stereocenters. The molecule has 0 aliphatic carbocycles. The summed E-state index contributed by atoms with van der Waals surface area (Å²) in [6.45, 7) is 5.96. The van der Waals surface area contributed by atoms with Gasteiger partial charge < -0.3 is 10.1 Å². The van der Waals surface area contributed by atoms with Crippen LogP contribution in [-0.2, 0) is 20.1 Å². The molecule has 0 fully saturated rings. The van der Waals surface area contributed by atoms with Crippen LogP contribution in [-0.4, -0.2) is 16.9 Å². The van der Waals surface area contributed by atoms with E-state index in [0.717, 1.165) is 24.5 Å². The van der Waals surface area contributed by atoms with Crippen LogP contribution in [0, 0.1) is 0 Å². The smallest absolute Gasteiger partial charge is 0.119 e. The van der Waals surface area contributed by atoms with E-state index in [9.17, 15) is 0 Å². The SMILES string of the molecule is COc1cccc(CNCc2cc(C(C)C)nn2C)c1. The van der Waals surface area contributed by atoms with Crippen molar-refractivity contribution in [3.63, 3.8) is 0 Å². The fourth-order valence-electron chi connectivity index (χ4n) is 2.10. The number of hydrogen-bond acceptors (Lipinski definition) is 3. The maximum absolute atomic E-state index is 5.23. The van der Waals surface area contributed by atoms with Gasteiger partial charge in [-0.15, -0.1) is 0 Å². The summed E-state index contributed by atoms with van der Waals surface area (Å²) in [6.07, 6.45) is 0. The largest absolute Gasteiger partial charge is 0.497 e. The third-order valence-corrected chi connectivity index (χ3v) is 3.36. The maximum Gasteiger partial charge on any atom is 0.119 e. The zero-order valence-electron chi connectivity index (χ0n) is 12.7. The monoisotopic (exact) mass is 273 g/mol. The van der Waals surface area contributed by atoms with E-state index in [1.165, 1.54) is 11.3 Å². The zero-order chi connectivity index (χ0) is 14.5. The molecular formula is C16H23N3O. The van der Waals surface area contributed by atoms with Crippen molar-refractivity contribution in [1.29, 1.82) is 0 Å². The Kier molecular flexibility index (Phi) is 4.79. The molecular weight excluding hydrogens is 250 g/mol. The number of nitrogens with zero attached hydrogens (tertiary/aromatic N) is 2. The molecule has 108 valence electrons. The number of rotatable bonds is 6. The molecule has 1 heterocycles. The van der Waals surface area contributed by atoms with Crippen LogP contribution >= 0.6 is 0 Å². The van der Waals surface area contributed by atoms with Gasteiger partial charge in [-0.25, -0.2) is 0 Å². The molecule has 0 radical (unpaired) electrons. The molecule has 0 aliphatic heterocycles. The van der Waals surface area contributed by atoms with E-state index in [-0.39, 0.29) is 0 Å². The summed E-state index contributed by atoms with van der Waals surface area (Å²) in [5, 5.41) is 7.97. The molecule has 2 aromatic rings. The lowest BCUT2D eigenvalue weighted by Gasteiger charge is -2.06. The van der Waals surface area contributed by atoms with Crippen LogP contribution in [0.1, 0.15) is 36.7 Å². The third kappa shape index (κ3) is 3.61. The maximum atomic E-state index is 5.23. The van der Waals surface area contributed by atoms with Crippen LogP contribution in [0.2, 0.25) is 0 Å². The van der Waals surface area contributed by atoms with Crippen molar-refractivity contribution in [1.82, 2.24) is 15.1 Å². The van der Waals surface area contributed by atoms with Crippen LogP contribution in [0.3, 0.4) is 0 Å². The predicted molar refractivity (Wildman–Crippen MR) is 80.8 cm³/mol. The highest BCUT2D eigenvalue weighted by molar-refractivity contribution is 5.28. The number of ether oxygens (including phenoxy) is 1. The Morgan fingerprint density at radius 2 is 2.05 bits per heavy atom. The Balaban J connectivity index is 1.92. The second kappa shape index (κ2) is 6.57. The van der Waals surface area contributed by atoms with Gasteiger partial charge in [0.1, 0.15) is 5.75 Å². The Morgan fingerprint density at radius 1 is 1.25 bits per heavy atom. The van der Waals surface area contributed by atoms with Gasteiger partial charge in [0.2, 0.25) is 0 Å². The summed E-state index contributed by atoms with van der Waals surface area (Å²) < 4.78 is 7.18. The molecule has 0 aliphatic rings. The van der Waals surface area contributed by atoms with Crippen molar-refractivity contribution in [2.45, 2.75) is 32.9 Å². The van der Waals surface area contributed by atoms with Crippen molar-refractivity contribution in [2.24, 2.45) is 7.05 Å². The minimum atomic E-state index is 0.466. The second-order valence-corrected chi connectivity index (χ2v) is 5.29. The van der Waals surface area contributed by atoms with E-state index in [2.05, 4.69) is 42.5 Å². The average molecular weight is 273 g/mol. The van der Waals surface area contributed by atoms with Crippen molar-refractivity contribution in [2.75, 3.05) is 7.11 Å². The summed E-state index contributed by atoms with van der Waals surface area (Å²) in [4.78, 5) is 0. The standard InChI is InChI=1S/C16H23N3O/c1-12(2)16-9-14(19(3)18-16)11-17-10-13-6-5-7-15(8-13)20-4/h5-9,12,17H,10-11H2,1-4H3. The van der Waals surface area contributed by atoms with Gasteiger partial charge in [-0.2, -0.15) is 5.10 Å². The molecule has 0 spiro atoms. The van der Waals surface area contributed by atoms with Crippen molar-refractivity contribution in [3.05, 3.63) is 47.3 Å². The van der Waals surface area contributed by atoms with Crippen LogP contribution in [0.5, 0.6) is 5.75 Å². The third-order valence-electron chi connectivity index (χ3n) is 3.36. The first-order valence-electron chi connectivity index (χ1n) is 6.96. The number of hydrogen-bond donors (Lipinski definition) is 1. The fraction of sp³-hybridized carbons (Fsp3) is 0.438. The second-order valence-electron chi connectivity index (χ2n) is 5.29. The van der Waals surface area contributed by atoms with E-state index < -0.39 is 0 Å². The van der Waals surface area contributed by atoms with Gasteiger partial charge in [0.25, 0.3) is 0 Å². The number of nitrogens with one attached hydrogen (secondary N) is 1. The molecule has 0 bridgehead atoms. The highest BCUT2D eigenvalue weighted by Gasteiger charge is 2.07. The molecule has 1 N–H and O–H groups in total. The Labute approximate surface area is 120 Å². The molecule has 4 heteroatoms. The number of methoxy groups -OCH3 is 1. The van der Waals surface area contributed by atoms with Crippen LogP contribution in [0.15, 0.2) is 30.3 Å². The van der Waals surface area contributed by atoms with Crippen molar-refractivity contribution < 1.29 is 4.74 Å². The summed E-state index contributed by atoms with van der Waals surface area (Å²) in [5.41, 5.74) is 3.57. The lowest BCUT2D eigenvalue weighted by Crippen LogP contribution is -2.15. The van der Waals surface area contributed by atoms with Gasteiger partial charge in [0.15, 0.2) is 0 Å². The lowest BCUT2D eigenvalue weighted by atomic mass is 10.1. The molecule has 4 nitrogen and oxygen atoms in total. The van der Waals surface area contributed by atoms with Crippen molar-refractivity contribution >= 4 is 0 Å². The van der Waals surface area contributed by atoms with Crippen LogP contribution < -0.4 is 10.1 Å². The van der Waals surface area contributed by atoms with Crippen LogP contribution in [0.4, 0.5) is 0 Å². The normalized spacial score (nSPS) is 11.1. The summed E-state index contributed by atoms with van der Waals surface area (Å²) in [7, 11) is 3.68. The van der Waals surface area contributed by atoms with E-state index in [0.29, 0.717) is 5.92 Å². The highest BCUT2D eigenvalue weighted by atomic mass is 16.5. The van der Waals surface area contributed by atoms with Gasteiger partial charge in [-0.1, -0.05) is 26.0 Å². The summed E-state index contributed by atoms with van der Waals surface area (Å²) >= 11 is 0. The van der Waals surface area contributed by atoms with E-state index in [1.54, 1.807) is 7.11 Å². The predicted octanol–water partition coefficient (Wildman–Crippen LogP) is 2.84. The van der Waals surface area contributed by atoms with Gasteiger partial charge >= 0.3 is 0 Å². The molecule has 0 saturated heterocycles. The number of benzene rings is 1. The molecule has 1 aromatic heterocycles. The fourth-order valence-corrected chi connectivity index (χ4v) is 2.10. The minimum Gasteiger partial charge on any atom is -0.497 e. The molecule has 1 aromatic carbocycles. The summed E-state index contributed by atoms with van der Waals surface area (Å²) in [5.74, 6) is 1.36. The molecule has 2 rings (SSSR count). The highest BCUT2D eigenvalue weighted by Crippen LogP contribution is 2.14. The average Bonchev–Trinajstić information content (AvgIpc) is 2.81. The minimum absolute atomic E-state index is 0.466. The Bertz CT molecular complexity index is 561. The van der Waals surface area contributed by atoms with Crippen LogP contribution in [0.25, 0.3) is 0 Å². The first kappa shape index (κ1) is 14.6. The van der Waals surface area contributed by atoms with Gasteiger partial charge in [0.05, 0.1) is 18.5 Å². The van der Waals surface area contributed by atoms with Gasteiger partial charge in [-0.05, 0) is 29.7 Å². The molecule has 0 amide bonds. The lowest BCUT2D eigenvalue weighted by molar-refractivity contribution is 0.414. The first-order chi connectivity index (χ1) is 9.60. The first-order valence-corrected chi connectivity index (χ1v) is 6.96. The van der Waals surface area contributed by atoms with Crippen molar-refractivity contribution in [3.8, 4) is 5.75 Å². The van der Waals surface area contributed by atoms with E-state index in [4.69, 9.17) is 4.74 Å². The van der Waals surface area contributed by atoms with E-state index >= 15 is 0 Å². The summed E-state index contributed by atoms with van der Waals surface area (Å²) in [6, 6.07) is 10.3. The molecule has 0 saturated carbocycles. The number of aromatic nitrogens is 2. The zero-order valence-corrected chi connectivity index (χ0v) is 12.7. The Morgan fingerprint density at radius 3 is 2.70 bits per heavy atom. The quantitative estimate of drug-likeness (QED) is 0.879.